The van der Waals surface area contributed by atoms with Gasteiger partial charge in [0.25, 0.3) is 0 Å². The van der Waals surface area contributed by atoms with Gasteiger partial charge in [-0.25, -0.2) is 8.78 Å². The van der Waals surface area contributed by atoms with Gasteiger partial charge in [-0.1, -0.05) is 42.2 Å². The van der Waals surface area contributed by atoms with Gasteiger partial charge in [-0.3, -0.25) is 0 Å². The molecule has 180 valence electrons. The summed E-state index contributed by atoms with van der Waals surface area (Å²) in [5.74, 6) is 5.67. The van der Waals surface area contributed by atoms with Crippen LogP contribution >= 0.6 is 0 Å². The summed E-state index contributed by atoms with van der Waals surface area (Å²) in [6, 6.07) is 11.4. The minimum atomic E-state index is -0.810. The number of ether oxygens (including phenoxy) is 1. The van der Waals surface area contributed by atoms with E-state index in [9.17, 15) is 4.39 Å². The first-order valence-corrected chi connectivity index (χ1v) is 12.9. The lowest BCUT2D eigenvalue weighted by atomic mass is 9.65. The number of hydrogen-bond acceptors (Lipinski definition) is 1. The van der Waals surface area contributed by atoms with Gasteiger partial charge < -0.3 is 4.74 Å². The maximum absolute atomic E-state index is 15.1. The fourth-order valence-corrected chi connectivity index (χ4v) is 5.80. The summed E-state index contributed by atoms with van der Waals surface area (Å²) >= 11 is 0. The van der Waals surface area contributed by atoms with Crippen molar-refractivity contribution in [2.75, 3.05) is 6.61 Å². The normalized spacial score (nSPS) is 24.5. The van der Waals surface area contributed by atoms with Gasteiger partial charge in [0.1, 0.15) is 0 Å². The summed E-state index contributed by atoms with van der Waals surface area (Å²) in [5.41, 5.74) is 2.70. The van der Waals surface area contributed by atoms with Gasteiger partial charge in [0.2, 0.25) is 0 Å². The molecule has 0 aromatic heterocycles. The summed E-state index contributed by atoms with van der Waals surface area (Å²) in [6.07, 6.45) is 12.9. The number of allylic oxidation sites excluding steroid dienone is 2. The highest BCUT2D eigenvalue weighted by molar-refractivity contribution is 5.45. The molecule has 4 atom stereocenters. The van der Waals surface area contributed by atoms with E-state index in [0.29, 0.717) is 23.5 Å². The Bertz CT molecular complexity index is 1040. The molecule has 0 heterocycles. The molecule has 0 aliphatic heterocycles. The second-order valence-electron chi connectivity index (χ2n) is 9.81. The first-order chi connectivity index (χ1) is 16.6. The highest BCUT2D eigenvalue weighted by Crippen LogP contribution is 2.47. The van der Waals surface area contributed by atoms with Crippen LogP contribution < -0.4 is 0 Å². The zero-order valence-corrected chi connectivity index (χ0v) is 20.5. The van der Waals surface area contributed by atoms with Crippen LogP contribution in [0, 0.1) is 35.3 Å². The number of aryl methyl sites for hydroxylation is 1. The molecule has 2 aliphatic rings. The van der Waals surface area contributed by atoms with Crippen molar-refractivity contribution in [3.8, 4) is 11.8 Å². The summed E-state index contributed by atoms with van der Waals surface area (Å²) in [5, 5.41) is 0. The van der Waals surface area contributed by atoms with Crippen LogP contribution in [0.25, 0.3) is 0 Å². The number of fused-ring (bicyclic) bond motifs is 1. The van der Waals surface area contributed by atoms with Crippen LogP contribution in [-0.4, -0.2) is 12.7 Å². The zero-order chi connectivity index (χ0) is 23.9. The molecule has 0 N–H and O–H groups in total. The zero-order valence-electron chi connectivity index (χ0n) is 20.5. The monoisotopic (exact) mass is 462 g/mol. The Morgan fingerprint density at radius 2 is 1.68 bits per heavy atom. The summed E-state index contributed by atoms with van der Waals surface area (Å²) in [7, 11) is 0. The molecule has 0 saturated heterocycles. The molecule has 2 aromatic rings. The van der Waals surface area contributed by atoms with Crippen molar-refractivity contribution in [1.29, 1.82) is 0 Å². The largest absolute Gasteiger partial charge is 0.378 e. The van der Waals surface area contributed by atoms with Crippen LogP contribution in [-0.2, 0) is 11.2 Å². The van der Waals surface area contributed by atoms with Gasteiger partial charge in [-0.15, -0.1) is 0 Å². The molecular weight excluding hydrogens is 426 g/mol. The van der Waals surface area contributed by atoms with E-state index in [2.05, 4.69) is 30.9 Å². The second kappa shape index (κ2) is 11.8. The maximum atomic E-state index is 15.1. The Balaban J connectivity index is 1.41. The number of rotatable bonds is 6. The van der Waals surface area contributed by atoms with E-state index in [1.807, 2.05) is 31.2 Å². The molecular formula is C31H36F2O. The number of hydrogen-bond donors (Lipinski definition) is 0. The van der Waals surface area contributed by atoms with Gasteiger partial charge in [0.05, 0.1) is 11.7 Å². The van der Waals surface area contributed by atoms with E-state index in [1.165, 1.54) is 5.56 Å². The van der Waals surface area contributed by atoms with E-state index in [0.717, 1.165) is 63.5 Å². The highest BCUT2D eigenvalue weighted by Gasteiger charge is 2.37. The van der Waals surface area contributed by atoms with Crippen molar-refractivity contribution in [2.45, 2.75) is 77.2 Å². The van der Waals surface area contributed by atoms with Gasteiger partial charge in [0, 0.05) is 12.2 Å². The molecule has 3 heteroatoms. The third kappa shape index (κ3) is 5.97. The van der Waals surface area contributed by atoms with Gasteiger partial charge in [-0.2, -0.15) is 0 Å². The van der Waals surface area contributed by atoms with Crippen molar-refractivity contribution in [3.63, 3.8) is 0 Å². The van der Waals surface area contributed by atoms with Gasteiger partial charge in [-0.05, 0) is 112 Å². The third-order valence-corrected chi connectivity index (χ3v) is 7.65. The molecule has 0 bridgehead atoms. The topological polar surface area (TPSA) is 9.23 Å². The average molecular weight is 463 g/mol. The first-order valence-electron chi connectivity index (χ1n) is 12.9. The molecule has 0 radical (unpaired) electrons. The van der Waals surface area contributed by atoms with Crippen molar-refractivity contribution in [1.82, 2.24) is 0 Å². The van der Waals surface area contributed by atoms with E-state index in [4.69, 9.17) is 4.74 Å². The Kier molecular flexibility index (Phi) is 8.57. The van der Waals surface area contributed by atoms with Crippen LogP contribution in [0.2, 0.25) is 0 Å². The maximum Gasteiger partial charge on any atom is 0.174 e. The van der Waals surface area contributed by atoms with Crippen molar-refractivity contribution < 1.29 is 13.5 Å². The second-order valence-corrected chi connectivity index (χ2v) is 9.81. The number of halogens is 2. The Morgan fingerprint density at radius 3 is 2.44 bits per heavy atom. The van der Waals surface area contributed by atoms with Crippen LogP contribution in [0.3, 0.4) is 0 Å². The van der Waals surface area contributed by atoms with Crippen LogP contribution in [0.4, 0.5) is 8.78 Å². The lowest BCUT2D eigenvalue weighted by molar-refractivity contribution is -0.00970. The predicted octanol–water partition coefficient (Wildman–Crippen LogP) is 7.96. The van der Waals surface area contributed by atoms with Crippen molar-refractivity contribution >= 4 is 0 Å². The van der Waals surface area contributed by atoms with Crippen molar-refractivity contribution in [3.05, 3.63) is 82.4 Å². The van der Waals surface area contributed by atoms with E-state index in [-0.39, 0.29) is 11.5 Å². The molecule has 34 heavy (non-hydrogen) atoms. The predicted molar refractivity (Wildman–Crippen MR) is 135 cm³/mol. The fraction of sp³-hybridized carbons (Fsp3) is 0.484. The van der Waals surface area contributed by atoms with E-state index < -0.39 is 11.6 Å². The van der Waals surface area contributed by atoms with Gasteiger partial charge >= 0.3 is 0 Å². The summed E-state index contributed by atoms with van der Waals surface area (Å²) in [4.78, 5) is 0. The minimum Gasteiger partial charge on any atom is -0.378 e. The standard InChI is InChI=1S/C31H36F2O/c1-3-5-6-7-22-8-10-23(11-9-22)12-13-24-17-19-29(31(33)30(24)32)27-15-14-26-21-28(34-4-2)18-16-25(26)20-27/h3,5,8-11,17,19,25-28H,4,6-7,14-16,18,20-21H2,1-2H3/b5-3+. The van der Waals surface area contributed by atoms with Crippen molar-refractivity contribution in [2.24, 2.45) is 11.8 Å². The minimum absolute atomic E-state index is 0.0940. The van der Waals surface area contributed by atoms with Crippen LogP contribution in [0.1, 0.15) is 87.0 Å². The molecule has 4 unspecified atom stereocenters. The molecule has 2 aromatic carbocycles. The molecule has 4 rings (SSSR count). The SMILES string of the molecule is C/C=C/CCc1ccc(C#Cc2ccc(C3CCC4CC(OCC)CCC4C3)c(F)c2F)cc1. The molecule has 2 fully saturated rings. The van der Waals surface area contributed by atoms with Crippen LogP contribution in [0.15, 0.2) is 48.6 Å². The smallest absolute Gasteiger partial charge is 0.174 e. The molecule has 1 nitrogen and oxygen atoms in total. The summed E-state index contributed by atoms with van der Waals surface area (Å²) < 4.78 is 35.9. The number of benzene rings is 2. The third-order valence-electron chi connectivity index (χ3n) is 7.65. The molecule has 2 aliphatic carbocycles. The lowest BCUT2D eigenvalue weighted by Gasteiger charge is -2.42. The Labute approximate surface area is 203 Å². The highest BCUT2D eigenvalue weighted by atomic mass is 19.2. The Hall–Kier alpha value is -2.44. The molecule has 0 amide bonds. The quantitative estimate of drug-likeness (QED) is 0.312. The van der Waals surface area contributed by atoms with Crippen LogP contribution in [0.5, 0.6) is 0 Å². The molecule has 2 saturated carbocycles. The first kappa shape index (κ1) is 24.7. The fourth-order valence-electron chi connectivity index (χ4n) is 5.80. The summed E-state index contributed by atoms with van der Waals surface area (Å²) in [6.45, 7) is 4.84. The molecule has 0 spiro atoms. The van der Waals surface area contributed by atoms with Gasteiger partial charge in [0.15, 0.2) is 11.6 Å². The van der Waals surface area contributed by atoms with E-state index in [1.54, 1.807) is 12.1 Å². The lowest BCUT2D eigenvalue weighted by Crippen LogP contribution is -2.34. The average Bonchev–Trinajstić information content (AvgIpc) is 2.86. The van der Waals surface area contributed by atoms with E-state index >= 15 is 4.39 Å². The Morgan fingerprint density at radius 1 is 0.912 bits per heavy atom.